The van der Waals surface area contributed by atoms with Crippen molar-refractivity contribution in [2.24, 2.45) is 11.8 Å². The normalized spacial score (nSPS) is 31.4. The molecule has 3 aliphatic rings. The van der Waals surface area contributed by atoms with E-state index in [1.54, 1.807) is 23.5 Å². The molecule has 0 spiro atoms. The van der Waals surface area contributed by atoms with Crippen LogP contribution in [0.25, 0.3) is 0 Å². The minimum Gasteiger partial charge on any atom is -0.375 e. The molecule has 3 atom stereocenters. The van der Waals surface area contributed by atoms with Gasteiger partial charge in [0.05, 0.1) is 25.2 Å². The molecule has 7 heteroatoms. The van der Waals surface area contributed by atoms with Crippen molar-refractivity contribution in [3.05, 3.63) is 18.5 Å². The van der Waals surface area contributed by atoms with Crippen molar-refractivity contribution in [1.82, 2.24) is 15.0 Å². The van der Waals surface area contributed by atoms with Gasteiger partial charge in [0.15, 0.2) is 0 Å². The molecular weight excluding hydrogens is 284 g/mol. The number of anilines is 1. The first kappa shape index (κ1) is 13.9. The highest BCUT2D eigenvalue weighted by molar-refractivity contribution is 5.79. The Morgan fingerprint density at radius 1 is 1.23 bits per heavy atom. The molecule has 0 bridgehead atoms. The lowest BCUT2D eigenvalue weighted by molar-refractivity contribution is -0.202. The Labute approximate surface area is 129 Å². The van der Waals surface area contributed by atoms with Gasteiger partial charge in [0.2, 0.25) is 5.95 Å². The molecule has 1 amide bonds. The van der Waals surface area contributed by atoms with Crippen LogP contribution in [0.5, 0.6) is 0 Å². The van der Waals surface area contributed by atoms with Gasteiger partial charge in [0.25, 0.3) is 5.91 Å². The van der Waals surface area contributed by atoms with Crippen molar-refractivity contribution in [3.8, 4) is 0 Å². The number of hydrogen-bond acceptors (Lipinski definition) is 6. The zero-order valence-corrected chi connectivity index (χ0v) is 12.4. The predicted octanol–water partition coefficient (Wildman–Crippen LogP) is 0.482. The predicted molar refractivity (Wildman–Crippen MR) is 77.9 cm³/mol. The fourth-order valence-corrected chi connectivity index (χ4v) is 3.54. The van der Waals surface area contributed by atoms with Crippen molar-refractivity contribution >= 4 is 11.9 Å². The second-order valence-corrected chi connectivity index (χ2v) is 6.08. The van der Waals surface area contributed by atoms with Crippen LogP contribution in [0.3, 0.4) is 0 Å². The highest BCUT2D eigenvalue weighted by atomic mass is 16.7. The van der Waals surface area contributed by atoms with Crippen LogP contribution in [-0.4, -0.2) is 59.9 Å². The molecule has 1 aromatic rings. The quantitative estimate of drug-likeness (QED) is 0.792. The van der Waals surface area contributed by atoms with E-state index in [4.69, 9.17) is 9.57 Å². The first-order valence-corrected chi connectivity index (χ1v) is 7.91. The summed E-state index contributed by atoms with van der Waals surface area (Å²) in [5, 5.41) is 1.54. The van der Waals surface area contributed by atoms with E-state index in [1.165, 1.54) is 0 Å². The largest absolute Gasteiger partial charge is 0.375 e. The second-order valence-electron chi connectivity index (χ2n) is 6.08. The molecule has 0 N–H and O–H groups in total. The minimum atomic E-state index is -0.114. The number of amides is 1. The molecule has 3 fully saturated rings. The van der Waals surface area contributed by atoms with Gasteiger partial charge in [-0.1, -0.05) is 0 Å². The van der Waals surface area contributed by atoms with Crippen LogP contribution in [0.15, 0.2) is 18.5 Å². The van der Waals surface area contributed by atoms with Gasteiger partial charge in [-0.2, -0.15) is 0 Å². The van der Waals surface area contributed by atoms with E-state index >= 15 is 0 Å². The van der Waals surface area contributed by atoms with Crippen LogP contribution < -0.4 is 4.90 Å². The maximum absolute atomic E-state index is 12.7. The lowest BCUT2D eigenvalue weighted by Gasteiger charge is -2.29. The van der Waals surface area contributed by atoms with Crippen LogP contribution in [0, 0.1) is 11.8 Å². The number of rotatable bonds is 2. The van der Waals surface area contributed by atoms with E-state index in [-0.39, 0.29) is 23.8 Å². The highest BCUT2D eigenvalue weighted by Gasteiger charge is 2.48. The van der Waals surface area contributed by atoms with Crippen LogP contribution in [0.2, 0.25) is 0 Å². The molecule has 3 saturated heterocycles. The Balaban J connectivity index is 1.45. The summed E-state index contributed by atoms with van der Waals surface area (Å²) in [5.74, 6) is 0.864. The molecule has 1 aromatic heterocycles. The summed E-state index contributed by atoms with van der Waals surface area (Å²) in [6, 6.07) is 1.80. The van der Waals surface area contributed by atoms with Gasteiger partial charge in [-0.3, -0.25) is 9.63 Å². The molecule has 0 radical (unpaired) electrons. The number of ether oxygens (including phenoxy) is 1. The Bertz CT molecular complexity index is 535. The monoisotopic (exact) mass is 304 g/mol. The van der Waals surface area contributed by atoms with Gasteiger partial charge in [-0.05, 0) is 18.9 Å². The summed E-state index contributed by atoms with van der Waals surface area (Å²) in [6.07, 6.45) is 5.60. The van der Waals surface area contributed by atoms with Crippen LogP contribution in [-0.2, 0) is 14.4 Å². The van der Waals surface area contributed by atoms with E-state index in [2.05, 4.69) is 14.9 Å². The first-order valence-electron chi connectivity index (χ1n) is 7.91. The topological polar surface area (TPSA) is 67.8 Å². The second kappa shape index (κ2) is 5.81. The lowest BCUT2D eigenvalue weighted by atomic mass is 9.92. The maximum atomic E-state index is 12.7. The third-order valence-electron chi connectivity index (χ3n) is 4.72. The number of aromatic nitrogens is 2. The summed E-state index contributed by atoms with van der Waals surface area (Å²) in [5.41, 5.74) is 0. The van der Waals surface area contributed by atoms with E-state index in [9.17, 15) is 4.79 Å². The summed E-state index contributed by atoms with van der Waals surface area (Å²) in [4.78, 5) is 28.8. The number of hydroxylamine groups is 2. The van der Waals surface area contributed by atoms with Gasteiger partial charge in [-0.15, -0.1) is 0 Å². The lowest BCUT2D eigenvalue weighted by Crippen LogP contribution is -2.42. The number of carbonyl (C=O) groups is 1. The van der Waals surface area contributed by atoms with Gasteiger partial charge in [0.1, 0.15) is 0 Å². The van der Waals surface area contributed by atoms with Crippen molar-refractivity contribution < 1.29 is 14.4 Å². The number of nitrogens with zero attached hydrogens (tertiary/aromatic N) is 4. The average Bonchev–Trinajstić information content (AvgIpc) is 3.16. The average molecular weight is 304 g/mol. The van der Waals surface area contributed by atoms with Crippen molar-refractivity contribution in [3.63, 3.8) is 0 Å². The fraction of sp³-hybridized carbons (Fsp3) is 0.667. The number of carbonyl (C=O) groups excluding carboxylic acids is 1. The molecule has 3 aliphatic heterocycles. The zero-order chi connectivity index (χ0) is 14.9. The molecular formula is C15H20N4O3. The van der Waals surface area contributed by atoms with E-state index in [0.717, 1.165) is 25.9 Å². The van der Waals surface area contributed by atoms with E-state index in [0.29, 0.717) is 25.7 Å². The molecule has 0 unspecified atom stereocenters. The van der Waals surface area contributed by atoms with E-state index in [1.807, 2.05) is 0 Å². The SMILES string of the molecule is O=C([C@@H]1CO[C@H]2CN(c3ncccn3)C[C@H]21)N1CCCCO1. The van der Waals surface area contributed by atoms with Crippen molar-refractivity contribution in [2.45, 2.75) is 18.9 Å². The number of hydrogen-bond donors (Lipinski definition) is 0. The summed E-state index contributed by atoms with van der Waals surface area (Å²) in [7, 11) is 0. The Kier molecular flexibility index (Phi) is 3.67. The Morgan fingerprint density at radius 3 is 2.86 bits per heavy atom. The maximum Gasteiger partial charge on any atom is 0.252 e. The molecule has 0 aromatic carbocycles. The molecule has 0 aliphatic carbocycles. The van der Waals surface area contributed by atoms with Crippen LogP contribution in [0.1, 0.15) is 12.8 Å². The molecule has 7 nitrogen and oxygen atoms in total. The minimum absolute atomic E-state index is 0.0723. The Hall–Kier alpha value is -1.73. The fourth-order valence-electron chi connectivity index (χ4n) is 3.54. The van der Waals surface area contributed by atoms with Crippen molar-refractivity contribution in [1.29, 1.82) is 0 Å². The van der Waals surface area contributed by atoms with Gasteiger partial charge < -0.3 is 9.64 Å². The molecule has 4 rings (SSSR count). The molecule has 4 heterocycles. The highest BCUT2D eigenvalue weighted by Crippen LogP contribution is 2.36. The first-order chi connectivity index (χ1) is 10.8. The standard InChI is InChI=1S/C15H20N4O3/c20-14(19-6-1-2-7-22-19)12-10-21-13-9-18(8-11(12)13)15-16-4-3-5-17-15/h3-5,11-13H,1-2,6-10H2/t11-,12+,13-/m0/s1. The third kappa shape index (κ3) is 2.44. The molecule has 0 saturated carbocycles. The third-order valence-corrected chi connectivity index (χ3v) is 4.72. The summed E-state index contributed by atoms with van der Waals surface area (Å²) < 4.78 is 5.85. The van der Waals surface area contributed by atoms with Gasteiger partial charge in [-0.25, -0.2) is 15.0 Å². The summed E-state index contributed by atoms with van der Waals surface area (Å²) >= 11 is 0. The number of fused-ring (bicyclic) bond motifs is 1. The van der Waals surface area contributed by atoms with Gasteiger partial charge >= 0.3 is 0 Å². The molecule has 22 heavy (non-hydrogen) atoms. The van der Waals surface area contributed by atoms with Crippen LogP contribution in [0.4, 0.5) is 5.95 Å². The van der Waals surface area contributed by atoms with Gasteiger partial charge in [0, 0.05) is 37.9 Å². The zero-order valence-electron chi connectivity index (χ0n) is 12.4. The van der Waals surface area contributed by atoms with Crippen molar-refractivity contribution in [2.75, 3.05) is 37.7 Å². The van der Waals surface area contributed by atoms with E-state index < -0.39 is 0 Å². The molecule has 118 valence electrons. The smallest absolute Gasteiger partial charge is 0.252 e. The van der Waals surface area contributed by atoms with Crippen LogP contribution >= 0.6 is 0 Å². The summed E-state index contributed by atoms with van der Waals surface area (Å²) in [6.45, 7) is 3.34. The Morgan fingerprint density at radius 2 is 2.09 bits per heavy atom.